The van der Waals surface area contributed by atoms with E-state index in [1.54, 1.807) is 37.5 Å². The number of phenolic OH excluding ortho intramolecular Hbond substituents is 1. The molecule has 4 aromatic rings. The predicted molar refractivity (Wildman–Crippen MR) is 100 cm³/mol. The van der Waals surface area contributed by atoms with E-state index >= 15 is 0 Å². The lowest BCUT2D eigenvalue weighted by Gasteiger charge is -2.13. The second kappa shape index (κ2) is 6.24. The molecule has 8 nitrogen and oxygen atoms in total. The van der Waals surface area contributed by atoms with Gasteiger partial charge in [-0.2, -0.15) is 0 Å². The number of fused-ring (bicyclic) bond motifs is 1. The lowest BCUT2D eigenvalue weighted by atomic mass is 10.1. The molecule has 0 saturated carbocycles. The molecule has 3 aromatic heterocycles. The Hall–Kier alpha value is -3.68. The summed E-state index contributed by atoms with van der Waals surface area (Å²) in [5, 5.41) is 10.5. The molecule has 2 N–H and O–H groups in total. The molecule has 0 spiro atoms. The van der Waals surface area contributed by atoms with Crippen LogP contribution in [0.1, 0.15) is 11.1 Å². The summed E-state index contributed by atoms with van der Waals surface area (Å²) < 4.78 is 6.41. The summed E-state index contributed by atoms with van der Waals surface area (Å²) in [6, 6.07) is 5.37. The summed E-state index contributed by atoms with van der Waals surface area (Å²) in [5.41, 5.74) is 3.76. The van der Waals surface area contributed by atoms with E-state index in [0.717, 1.165) is 5.56 Å². The van der Waals surface area contributed by atoms with Crippen molar-refractivity contribution in [3.05, 3.63) is 58.4 Å². The monoisotopic (exact) mass is 363 g/mol. The smallest absolute Gasteiger partial charge is 0.316 e. The van der Waals surface area contributed by atoms with Crippen molar-refractivity contribution < 1.29 is 9.84 Å². The molecular formula is C19H17N5O3. The molecule has 8 heteroatoms. The Morgan fingerprint density at radius 2 is 1.89 bits per heavy atom. The predicted octanol–water partition coefficient (Wildman–Crippen LogP) is 2.50. The minimum atomic E-state index is -0.228. The third-order valence-electron chi connectivity index (χ3n) is 4.52. The molecule has 0 unspecified atom stereocenters. The Kier molecular flexibility index (Phi) is 3.88. The van der Waals surface area contributed by atoms with Gasteiger partial charge in [0.25, 0.3) is 5.56 Å². The summed E-state index contributed by atoms with van der Waals surface area (Å²) >= 11 is 0. The fourth-order valence-corrected chi connectivity index (χ4v) is 3.08. The van der Waals surface area contributed by atoms with E-state index in [2.05, 4.69) is 19.9 Å². The fraction of sp³-hybridized carbons (Fsp3) is 0.158. The van der Waals surface area contributed by atoms with Gasteiger partial charge in [0.1, 0.15) is 17.7 Å². The summed E-state index contributed by atoms with van der Waals surface area (Å²) in [6.07, 6.45) is 4.68. The van der Waals surface area contributed by atoms with Crippen LogP contribution in [0.25, 0.3) is 28.0 Å². The number of hydrogen-bond acceptors (Lipinski definition) is 6. The van der Waals surface area contributed by atoms with Crippen LogP contribution in [0.5, 0.6) is 11.8 Å². The van der Waals surface area contributed by atoms with E-state index in [0.29, 0.717) is 33.5 Å². The maximum absolute atomic E-state index is 13.1. The first kappa shape index (κ1) is 16.8. The summed E-state index contributed by atoms with van der Waals surface area (Å²) in [6.45, 7) is 3.65. The first-order valence-corrected chi connectivity index (χ1v) is 8.26. The topological polar surface area (TPSA) is 106 Å². The van der Waals surface area contributed by atoms with Crippen LogP contribution in [0.15, 0.2) is 41.7 Å². The molecule has 27 heavy (non-hydrogen) atoms. The van der Waals surface area contributed by atoms with E-state index in [-0.39, 0.29) is 17.3 Å². The zero-order valence-electron chi connectivity index (χ0n) is 15.0. The Morgan fingerprint density at radius 3 is 2.59 bits per heavy atom. The zero-order chi connectivity index (χ0) is 19.1. The summed E-state index contributed by atoms with van der Waals surface area (Å²) in [5.74, 6) is 0.132. The van der Waals surface area contributed by atoms with E-state index in [9.17, 15) is 9.90 Å². The minimum absolute atomic E-state index is 0.132. The van der Waals surface area contributed by atoms with Crippen LogP contribution >= 0.6 is 0 Å². The third kappa shape index (κ3) is 2.71. The molecule has 136 valence electrons. The number of aryl methyl sites for hydroxylation is 1. The van der Waals surface area contributed by atoms with Crippen molar-refractivity contribution in [1.29, 1.82) is 0 Å². The molecular weight excluding hydrogens is 346 g/mol. The largest absolute Gasteiger partial charge is 0.508 e. The van der Waals surface area contributed by atoms with Gasteiger partial charge in [-0.05, 0) is 31.5 Å². The van der Waals surface area contributed by atoms with Crippen LogP contribution in [0.4, 0.5) is 0 Å². The number of aromatic amines is 1. The van der Waals surface area contributed by atoms with Crippen LogP contribution < -0.4 is 10.3 Å². The number of benzene rings is 1. The molecule has 0 atom stereocenters. The number of H-pyrrole nitrogens is 1. The number of phenols is 1. The number of ether oxygens (including phenoxy) is 1. The lowest BCUT2D eigenvalue weighted by molar-refractivity contribution is 0.380. The van der Waals surface area contributed by atoms with Crippen molar-refractivity contribution in [3.8, 4) is 28.7 Å². The number of hydrogen-bond donors (Lipinski definition) is 2. The first-order chi connectivity index (χ1) is 13.0. The normalized spacial score (nSPS) is 11.1. The standard InChI is InChI=1S/C19H17N5O3/c1-10-4-5-15(25)11(2)16(10)24-9-22-17-13(18(24)26)6-14(23-17)12-7-20-19(27-3)21-8-12/h4-9,23,25H,1-3H3. The highest BCUT2D eigenvalue weighted by molar-refractivity contribution is 5.82. The van der Waals surface area contributed by atoms with Gasteiger partial charge in [0.15, 0.2) is 0 Å². The maximum Gasteiger partial charge on any atom is 0.316 e. The highest BCUT2D eigenvalue weighted by Crippen LogP contribution is 2.26. The second-order valence-electron chi connectivity index (χ2n) is 6.20. The minimum Gasteiger partial charge on any atom is -0.508 e. The van der Waals surface area contributed by atoms with Crippen LogP contribution in [0, 0.1) is 13.8 Å². The van der Waals surface area contributed by atoms with Gasteiger partial charge in [-0.15, -0.1) is 0 Å². The van der Waals surface area contributed by atoms with Crippen LogP contribution in [0.3, 0.4) is 0 Å². The SMILES string of the molecule is COc1ncc(-c2cc3c(=O)n(-c4c(C)ccc(O)c4C)cnc3[nH]2)cn1. The van der Waals surface area contributed by atoms with Gasteiger partial charge in [0.05, 0.1) is 23.9 Å². The molecule has 3 heterocycles. The van der Waals surface area contributed by atoms with E-state index in [1.165, 1.54) is 18.0 Å². The van der Waals surface area contributed by atoms with Gasteiger partial charge in [0.2, 0.25) is 0 Å². The van der Waals surface area contributed by atoms with Crippen molar-refractivity contribution in [1.82, 2.24) is 24.5 Å². The van der Waals surface area contributed by atoms with Crippen molar-refractivity contribution in [2.45, 2.75) is 13.8 Å². The number of methoxy groups -OCH3 is 1. The van der Waals surface area contributed by atoms with Crippen LogP contribution in [0.2, 0.25) is 0 Å². The number of nitrogens with zero attached hydrogens (tertiary/aromatic N) is 4. The Morgan fingerprint density at radius 1 is 1.15 bits per heavy atom. The average Bonchev–Trinajstić information content (AvgIpc) is 3.12. The van der Waals surface area contributed by atoms with Gasteiger partial charge in [0, 0.05) is 23.5 Å². The number of aromatic nitrogens is 5. The van der Waals surface area contributed by atoms with Gasteiger partial charge < -0.3 is 14.8 Å². The molecule has 0 radical (unpaired) electrons. The molecule has 4 rings (SSSR count). The van der Waals surface area contributed by atoms with Crippen molar-refractivity contribution in [2.24, 2.45) is 0 Å². The Balaban J connectivity index is 1.88. The van der Waals surface area contributed by atoms with E-state index in [4.69, 9.17) is 4.74 Å². The van der Waals surface area contributed by atoms with Gasteiger partial charge >= 0.3 is 6.01 Å². The third-order valence-corrected chi connectivity index (χ3v) is 4.52. The lowest BCUT2D eigenvalue weighted by Crippen LogP contribution is -2.20. The van der Waals surface area contributed by atoms with Gasteiger partial charge in [-0.25, -0.2) is 15.0 Å². The number of aromatic hydroxyl groups is 1. The first-order valence-electron chi connectivity index (χ1n) is 8.26. The maximum atomic E-state index is 13.1. The van der Waals surface area contributed by atoms with Crippen molar-refractivity contribution in [3.63, 3.8) is 0 Å². The van der Waals surface area contributed by atoms with E-state index < -0.39 is 0 Å². The fourth-order valence-electron chi connectivity index (χ4n) is 3.08. The highest BCUT2D eigenvalue weighted by atomic mass is 16.5. The summed E-state index contributed by atoms with van der Waals surface area (Å²) in [4.78, 5) is 28.7. The Bertz CT molecular complexity index is 1210. The average molecular weight is 363 g/mol. The van der Waals surface area contributed by atoms with Gasteiger partial charge in [-0.3, -0.25) is 9.36 Å². The summed E-state index contributed by atoms with van der Waals surface area (Å²) in [7, 11) is 1.50. The number of nitrogens with one attached hydrogen (secondary N) is 1. The molecule has 0 saturated heterocycles. The van der Waals surface area contributed by atoms with Gasteiger partial charge in [-0.1, -0.05) is 6.07 Å². The second-order valence-corrected chi connectivity index (χ2v) is 6.20. The molecule has 0 aliphatic rings. The zero-order valence-corrected chi connectivity index (χ0v) is 15.0. The van der Waals surface area contributed by atoms with E-state index in [1.807, 2.05) is 6.92 Å². The highest BCUT2D eigenvalue weighted by Gasteiger charge is 2.15. The molecule has 0 aliphatic carbocycles. The molecule has 0 bridgehead atoms. The molecule has 0 aliphatic heterocycles. The molecule has 0 fully saturated rings. The van der Waals surface area contributed by atoms with Crippen molar-refractivity contribution in [2.75, 3.05) is 7.11 Å². The van der Waals surface area contributed by atoms with Crippen molar-refractivity contribution >= 4 is 11.0 Å². The van der Waals surface area contributed by atoms with Crippen LogP contribution in [-0.4, -0.2) is 36.7 Å². The molecule has 0 amide bonds. The molecule has 1 aromatic carbocycles. The quantitative estimate of drug-likeness (QED) is 0.579. The Labute approximate surface area is 154 Å². The van der Waals surface area contributed by atoms with Crippen LogP contribution in [-0.2, 0) is 0 Å². The number of rotatable bonds is 3.